The van der Waals surface area contributed by atoms with Crippen LogP contribution in [0.25, 0.3) is 11.1 Å². The molecule has 1 aliphatic heterocycles. The van der Waals surface area contributed by atoms with Gasteiger partial charge in [0.1, 0.15) is 17.7 Å². The quantitative estimate of drug-likeness (QED) is 0.282. The van der Waals surface area contributed by atoms with E-state index in [0.717, 1.165) is 83.8 Å². The van der Waals surface area contributed by atoms with Gasteiger partial charge in [0.25, 0.3) is 0 Å². The number of thioether (sulfide) groups is 1. The summed E-state index contributed by atoms with van der Waals surface area (Å²) in [5, 5.41) is 9.47. The van der Waals surface area contributed by atoms with Crippen molar-refractivity contribution in [2.45, 2.75) is 43.1 Å². The van der Waals surface area contributed by atoms with Crippen molar-refractivity contribution in [1.29, 1.82) is 5.26 Å². The van der Waals surface area contributed by atoms with Crippen molar-refractivity contribution in [2.24, 2.45) is 0 Å². The zero-order chi connectivity index (χ0) is 26.5. The van der Waals surface area contributed by atoms with Gasteiger partial charge in [-0.05, 0) is 103 Å². The van der Waals surface area contributed by atoms with Gasteiger partial charge in [0.05, 0.1) is 18.3 Å². The highest BCUT2D eigenvalue weighted by atomic mass is 32.2. The molecule has 0 spiro atoms. The van der Waals surface area contributed by atoms with E-state index in [9.17, 15) is 9.65 Å². The maximum Gasteiger partial charge on any atom is 0.131 e. The van der Waals surface area contributed by atoms with Crippen LogP contribution in [-0.4, -0.2) is 43.6 Å². The number of halogens is 2. The number of rotatable bonds is 8. The summed E-state index contributed by atoms with van der Waals surface area (Å²) in [7, 11) is 0. The Hall–Kier alpha value is -3.14. The van der Waals surface area contributed by atoms with Crippen molar-refractivity contribution in [2.75, 3.05) is 32.6 Å². The summed E-state index contributed by atoms with van der Waals surface area (Å²) in [6, 6.07) is 21.7. The molecule has 1 aliphatic carbocycles. The van der Waals surface area contributed by atoms with Crippen LogP contribution in [0.1, 0.15) is 53.5 Å². The molecule has 1 heterocycles. The molecular formula is C32H32F2N2OS. The Morgan fingerprint density at radius 2 is 1.87 bits per heavy atom. The monoisotopic (exact) mass is 530 g/mol. The Kier molecular flexibility index (Phi) is 8.46. The third-order valence-electron chi connectivity index (χ3n) is 7.46. The van der Waals surface area contributed by atoms with E-state index in [0.29, 0.717) is 17.5 Å². The number of hydrogen-bond acceptors (Lipinski definition) is 4. The number of benzene rings is 3. The number of nitriles is 1. The molecule has 5 rings (SSSR count). The lowest BCUT2D eigenvalue weighted by molar-refractivity contribution is 0.198. The van der Waals surface area contributed by atoms with Crippen LogP contribution >= 0.6 is 11.8 Å². The third-order valence-corrected chi connectivity index (χ3v) is 8.19. The predicted molar refractivity (Wildman–Crippen MR) is 151 cm³/mol. The average molecular weight is 531 g/mol. The van der Waals surface area contributed by atoms with Crippen LogP contribution < -0.4 is 4.74 Å². The van der Waals surface area contributed by atoms with Crippen LogP contribution in [0.3, 0.4) is 0 Å². The maximum absolute atomic E-state index is 15.4. The number of nitrogens with zero attached hydrogens (tertiary/aromatic N) is 2. The van der Waals surface area contributed by atoms with Crippen LogP contribution in [-0.2, 0) is 6.42 Å². The topological polar surface area (TPSA) is 36.3 Å². The Morgan fingerprint density at radius 1 is 1.05 bits per heavy atom. The Bertz CT molecular complexity index is 1360. The van der Waals surface area contributed by atoms with Gasteiger partial charge in [-0.3, -0.25) is 9.29 Å². The van der Waals surface area contributed by atoms with E-state index >= 15 is 4.39 Å². The summed E-state index contributed by atoms with van der Waals surface area (Å²) in [5.41, 5.74) is 6.46. The van der Waals surface area contributed by atoms with Crippen molar-refractivity contribution in [3.63, 3.8) is 0 Å². The summed E-state index contributed by atoms with van der Waals surface area (Å²) in [6.45, 7) is 2.24. The van der Waals surface area contributed by atoms with E-state index in [1.165, 1.54) is 11.8 Å². The number of aryl methyl sites for hydroxylation is 1. The van der Waals surface area contributed by atoms with Gasteiger partial charge in [-0.25, -0.2) is 4.39 Å². The number of hydrogen-bond donors (Lipinski definition) is 0. The largest absolute Gasteiger partial charge is 0.489 e. The van der Waals surface area contributed by atoms with Gasteiger partial charge in [0.2, 0.25) is 0 Å². The summed E-state index contributed by atoms with van der Waals surface area (Å²) >= 11 is 1.53. The van der Waals surface area contributed by atoms with Crippen molar-refractivity contribution in [1.82, 2.24) is 4.90 Å². The van der Waals surface area contributed by atoms with E-state index in [2.05, 4.69) is 23.1 Å². The van der Waals surface area contributed by atoms with Gasteiger partial charge >= 0.3 is 0 Å². The van der Waals surface area contributed by atoms with E-state index in [1.54, 1.807) is 6.07 Å². The Balaban J connectivity index is 1.51. The van der Waals surface area contributed by atoms with Crippen molar-refractivity contribution >= 4 is 22.9 Å². The highest BCUT2D eigenvalue weighted by molar-refractivity contribution is 7.98. The smallest absolute Gasteiger partial charge is 0.131 e. The van der Waals surface area contributed by atoms with E-state index in [-0.39, 0.29) is 18.6 Å². The second-order valence-corrected chi connectivity index (χ2v) is 10.8. The molecule has 6 heteroatoms. The molecule has 0 aromatic heterocycles. The van der Waals surface area contributed by atoms with Crippen LogP contribution in [0.5, 0.6) is 5.75 Å². The van der Waals surface area contributed by atoms with Crippen molar-refractivity contribution < 1.29 is 13.5 Å². The molecule has 196 valence electrons. The van der Waals surface area contributed by atoms with Crippen LogP contribution in [0.2, 0.25) is 0 Å². The minimum absolute atomic E-state index is 0.0993. The van der Waals surface area contributed by atoms with Gasteiger partial charge in [-0.15, -0.1) is 11.8 Å². The van der Waals surface area contributed by atoms with Crippen LogP contribution in [0.15, 0.2) is 65.6 Å². The number of fused-ring (bicyclic) bond motifs is 1. The van der Waals surface area contributed by atoms with Gasteiger partial charge in [0.15, 0.2) is 0 Å². The van der Waals surface area contributed by atoms with Gasteiger partial charge in [0, 0.05) is 30.1 Å². The third kappa shape index (κ3) is 5.80. The zero-order valence-corrected chi connectivity index (χ0v) is 22.5. The molecule has 0 bridgehead atoms. The minimum Gasteiger partial charge on any atom is -0.489 e. The lowest BCUT2D eigenvalue weighted by Gasteiger charge is -2.19. The molecule has 0 radical (unpaired) electrons. The van der Waals surface area contributed by atoms with E-state index < -0.39 is 0 Å². The molecule has 0 amide bonds. The molecule has 38 heavy (non-hydrogen) atoms. The number of likely N-dealkylation sites (tertiary alicyclic amines) is 1. The molecule has 0 saturated carbocycles. The average Bonchev–Trinajstić information content (AvgIpc) is 3.30. The molecule has 3 aromatic carbocycles. The molecule has 2 aliphatic rings. The molecule has 1 unspecified atom stereocenters. The fraction of sp³-hybridized carbons (Fsp3) is 0.344. The fourth-order valence-electron chi connectivity index (χ4n) is 5.60. The Morgan fingerprint density at radius 3 is 2.61 bits per heavy atom. The number of allylic oxidation sites excluding steroid dienone is 1. The van der Waals surface area contributed by atoms with Crippen LogP contribution in [0.4, 0.5) is 8.78 Å². The predicted octanol–water partition coefficient (Wildman–Crippen LogP) is 7.53. The molecule has 3 nitrogen and oxygen atoms in total. The highest BCUT2D eigenvalue weighted by Gasteiger charge is 2.25. The van der Waals surface area contributed by atoms with Crippen molar-refractivity contribution in [3.8, 4) is 11.8 Å². The van der Waals surface area contributed by atoms with Gasteiger partial charge in [-0.1, -0.05) is 24.3 Å². The van der Waals surface area contributed by atoms with Crippen molar-refractivity contribution in [3.05, 3.63) is 94.3 Å². The second kappa shape index (κ2) is 12.1. The lowest BCUT2D eigenvalue weighted by Crippen LogP contribution is -2.26. The second-order valence-electron chi connectivity index (χ2n) is 9.93. The molecule has 0 N–H and O–H groups in total. The molecule has 3 aromatic rings. The van der Waals surface area contributed by atoms with E-state index in [4.69, 9.17) is 4.74 Å². The summed E-state index contributed by atoms with van der Waals surface area (Å²) < 4.78 is 34.2. The first-order valence-corrected chi connectivity index (χ1v) is 14.5. The maximum atomic E-state index is 15.4. The van der Waals surface area contributed by atoms with Crippen LogP contribution in [0, 0.1) is 17.1 Å². The first kappa shape index (κ1) is 26.5. The summed E-state index contributed by atoms with van der Waals surface area (Å²) in [5.74, 6) is 0.595. The minimum atomic E-state index is -0.284. The fourth-order valence-corrected chi connectivity index (χ4v) is 6.02. The summed E-state index contributed by atoms with van der Waals surface area (Å²) in [6.07, 6.45) is 6.01. The summed E-state index contributed by atoms with van der Waals surface area (Å²) in [4.78, 5) is 3.16. The first-order chi connectivity index (χ1) is 18.6. The molecule has 1 atom stereocenters. The number of ether oxygens (including phenoxy) is 1. The first-order valence-electron chi connectivity index (χ1n) is 13.3. The lowest BCUT2D eigenvalue weighted by atomic mass is 9.87. The highest BCUT2D eigenvalue weighted by Crippen LogP contribution is 2.41. The molecular weight excluding hydrogens is 498 g/mol. The molecule has 1 saturated heterocycles. The normalized spacial score (nSPS) is 17.7. The van der Waals surface area contributed by atoms with Gasteiger partial charge in [-0.2, -0.15) is 5.26 Å². The Labute approximate surface area is 228 Å². The molecule has 1 fully saturated rings. The zero-order valence-electron chi connectivity index (χ0n) is 21.7. The van der Waals surface area contributed by atoms with Gasteiger partial charge < -0.3 is 4.74 Å². The number of alkyl halides is 1. The van der Waals surface area contributed by atoms with E-state index in [1.807, 2.05) is 48.7 Å². The standard InChI is InChI=1S/C32H32F2N2OS/c1-38-27-11-13-29(31(34)19-27)30-5-2-4-24-18-22(20-35)6-12-28(24)32(30)23-7-9-25(10-8-23)37-26-14-17-36(21-26)16-3-15-33/h6-13,18-19,26H,2-5,14-17,21H2,1H3. The SMILES string of the molecule is CSc1ccc(C2=C(c3ccc(OC4CCN(CCCF)C4)cc3)c3ccc(C#N)cc3CCC2)c(F)c1.